The molecule has 0 saturated carbocycles. The van der Waals surface area contributed by atoms with E-state index >= 15 is 0 Å². The topological polar surface area (TPSA) is 63.2 Å². The summed E-state index contributed by atoms with van der Waals surface area (Å²) >= 11 is 7.45. The number of anilines is 1. The van der Waals surface area contributed by atoms with Crippen molar-refractivity contribution in [3.63, 3.8) is 0 Å². The molecule has 2 N–H and O–H groups in total. The maximum absolute atomic E-state index is 12.6. The van der Waals surface area contributed by atoms with Gasteiger partial charge >= 0.3 is 0 Å². The van der Waals surface area contributed by atoms with Crippen molar-refractivity contribution in [1.29, 1.82) is 0 Å². The Morgan fingerprint density at radius 2 is 1.85 bits per heavy atom. The minimum Gasteiger partial charge on any atom is -0.496 e. The Morgan fingerprint density at radius 3 is 2.50 bits per heavy atom. The molecule has 2 aromatic carbocycles. The van der Waals surface area contributed by atoms with Crippen LogP contribution in [0.4, 0.5) is 5.82 Å². The third kappa shape index (κ3) is 4.10. The Labute approximate surface area is 170 Å². The zero-order chi connectivity index (χ0) is 18.7. The maximum Gasteiger partial charge on any atom is 0.261 e. The van der Waals surface area contributed by atoms with Crippen LogP contribution in [0.2, 0.25) is 0 Å². The number of ether oxygens (including phenoxy) is 1. The standard InChI is InChI=1S/C19H16IN3O2S/c1-11-15(20)7-8-17(21-11)22-19(26)23-18(24)14-9-12-5-3-4-6-13(12)10-16(14)25-2/h3-10H,1-2H3,(H2,21,22,23,24,26). The van der Waals surface area contributed by atoms with E-state index in [0.717, 1.165) is 20.0 Å². The van der Waals surface area contributed by atoms with Crippen molar-refractivity contribution in [3.8, 4) is 5.75 Å². The van der Waals surface area contributed by atoms with Gasteiger partial charge in [-0.05, 0) is 76.8 Å². The molecule has 0 radical (unpaired) electrons. The average molecular weight is 477 g/mol. The number of thiocarbonyl (C=S) groups is 1. The van der Waals surface area contributed by atoms with E-state index < -0.39 is 0 Å². The Balaban J connectivity index is 1.79. The first-order valence-corrected chi connectivity index (χ1v) is 9.29. The van der Waals surface area contributed by atoms with E-state index in [2.05, 4.69) is 38.2 Å². The summed E-state index contributed by atoms with van der Waals surface area (Å²) in [5.74, 6) is 0.735. The number of nitrogens with zero attached hydrogens (tertiary/aromatic N) is 1. The smallest absolute Gasteiger partial charge is 0.261 e. The number of benzene rings is 2. The van der Waals surface area contributed by atoms with Crippen LogP contribution in [0.5, 0.6) is 5.75 Å². The van der Waals surface area contributed by atoms with E-state index in [0.29, 0.717) is 17.1 Å². The molecular formula is C19H16IN3O2S. The second-order valence-corrected chi connectivity index (χ2v) is 7.14. The van der Waals surface area contributed by atoms with Crippen LogP contribution >= 0.6 is 34.8 Å². The monoisotopic (exact) mass is 477 g/mol. The molecule has 0 saturated heterocycles. The quantitative estimate of drug-likeness (QED) is 0.436. The van der Waals surface area contributed by atoms with Crippen molar-refractivity contribution in [1.82, 2.24) is 10.3 Å². The summed E-state index contributed by atoms with van der Waals surface area (Å²) in [5, 5.41) is 7.74. The van der Waals surface area contributed by atoms with Crippen molar-refractivity contribution in [2.75, 3.05) is 12.4 Å². The number of hydrogen-bond acceptors (Lipinski definition) is 4. The van der Waals surface area contributed by atoms with Crippen molar-refractivity contribution >= 4 is 62.4 Å². The first kappa shape index (κ1) is 18.5. The number of carbonyl (C=O) groups is 1. The highest BCUT2D eigenvalue weighted by Crippen LogP contribution is 2.26. The molecule has 1 heterocycles. The van der Waals surface area contributed by atoms with Crippen LogP contribution in [-0.4, -0.2) is 23.1 Å². The summed E-state index contributed by atoms with van der Waals surface area (Å²) in [4.78, 5) is 17.0. The molecule has 5 nitrogen and oxygen atoms in total. The van der Waals surface area contributed by atoms with Crippen LogP contribution in [0, 0.1) is 10.5 Å². The first-order chi connectivity index (χ1) is 12.5. The van der Waals surface area contributed by atoms with Gasteiger partial charge in [0.1, 0.15) is 11.6 Å². The van der Waals surface area contributed by atoms with Gasteiger partial charge in [-0.1, -0.05) is 24.3 Å². The molecule has 7 heteroatoms. The predicted molar refractivity (Wildman–Crippen MR) is 116 cm³/mol. The van der Waals surface area contributed by atoms with Crippen molar-refractivity contribution in [2.45, 2.75) is 6.92 Å². The van der Waals surface area contributed by atoms with Crippen LogP contribution in [-0.2, 0) is 0 Å². The number of aryl methyl sites for hydroxylation is 1. The molecule has 132 valence electrons. The van der Waals surface area contributed by atoms with Crippen molar-refractivity contribution < 1.29 is 9.53 Å². The number of methoxy groups -OCH3 is 1. The van der Waals surface area contributed by atoms with E-state index in [4.69, 9.17) is 17.0 Å². The normalized spacial score (nSPS) is 10.4. The summed E-state index contributed by atoms with van der Waals surface area (Å²) in [6.07, 6.45) is 0. The van der Waals surface area contributed by atoms with E-state index in [1.165, 1.54) is 7.11 Å². The number of pyridine rings is 1. The number of rotatable bonds is 3. The van der Waals surface area contributed by atoms with E-state index in [1.54, 1.807) is 6.07 Å². The minimum atomic E-state index is -0.340. The summed E-state index contributed by atoms with van der Waals surface area (Å²) in [6, 6.07) is 15.1. The second-order valence-electron chi connectivity index (χ2n) is 5.57. The molecule has 0 spiro atoms. The molecule has 3 rings (SSSR count). The Hall–Kier alpha value is -2.26. The van der Waals surface area contributed by atoms with Gasteiger partial charge in [-0.3, -0.25) is 10.1 Å². The average Bonchev–Trinajstić information content (AvgIpc) is 2.63. The second kappa shape index (κ2) is 7.96. The Kier molecular flexibility index (Phi) is 5.67. The zero-order valence-corrected chi connectivity index (χ0v) is 17.1. The highest BCUT2D eigenvalue weighted by atomic mass is 127. The SMILES string of the molecule is COc1cc2ccccc2cc1C(=O)NC(=S)Nc1ccc(I)c(C)n1. The van der Waals surface area contributed by atoms with Gasteiger partial charge in [0.25, 0.3) is 5.91 Å². The van der Waals surface area contributed by atoms with Crippen LogP contribution in [0.3, 0.4) is 0 Å². The number of aromatic nitrogens is 1. The molecule has 3 aromatic rings. The van der Waals surface area contributed by atoms with Gasteiger partial charge in [-0.25, -0.2) is 4.98 Å². The van der Waals surface area contributed by atoms with E-state index in [9.17, 15) is 4.79 Å². The summed E-state index contributed by atoms with van der Waals surface area (Å²) < 4.78 is 6.42. The van der Waals surface area contributed by atoms with Crippen LogP contribution in [0.15, 0.2) is 48.5 Å². The number of hydrogen-bond donors (Lipinski definition) is 2. The minimum absolute atomic E-state index is 0.179. The molecular weight excluding hydrogens is 461 g/mol. The molecule has 1 amide bonds. The number of halogens is 1. The Morgan fingerprint density at radius 1 is 1.15 bits per heavy atom. The first-order valence-electron chi connectivity index (χ1n) is 7.80. The zero-order valence-electron chi connectivity index (χ0n) is 14.2. The van der Waals surface area contributed by atoms with Gasteiger partial charge in [-0.15, -0.1) is 0 Å². The lowest BCUT2D eigenvalue weighted by atomic mass is 10.1. The molecule has 0 fully saturated rings. The molecule has 0 bridgehead atoms. The highest BCUT2D eigenvalue weighted by Gasteiger charge is 2.15. The fourth-order valence-electron chi connectivity index (χ4n) is 2.50. The van der Waals surface area contributed by atoms with Gasteiger partial charge in [-0.2, -0.15) is 0 Å². The van der Waals surface area contributed by atoms with Crippen molar-refractivity contribution in [2.24, 2.45) is 0 Å². The van der Waals surface area contributed by atoms with Gasteiger partial charge in [0, 0.05) is 3.57 Å². The van der Waals surface area contributed by atoms with Crippen molar-refractivity contribution in [3.05, 3.63) is 63.4 Å². The number of carbonyl (C=O) groups excluding carboxylic acids is 1. The fraction of sp³-hybridized carbons (Fsp3) is 0.105. The number of nitrogens with one attached hydrogen (secondary N) is 2. The number of amides is 1. The summed E-state index contributed by atoms with van der Waals surface area (Å²) in [7, 11) is 1.54. The number of fused-ring (bicyclic) bond motifs is 1. The lowest BCUT2D eigenvalue weighted by molar-refractivity contribution is 0.0975. The maximum atomic E-state index is 12.6. The molecule has 1 aromatic heterocycles. The molecule has 0 aliphatic rings. The molecule has 0 unspecified atom stereocenters. The van der Waals surface area contributed by atoms with Gasteiger partial charge in [0.2, 0.25) is 0 Å². The van der Waals surface area contributed by atoms with Gasteiger partial charge < -0.3 is 10.1 Å². The Bertz CT molecular complexity index is 1010. The largest absolute Gasteiger partial charge is 0.496 e. The molecule has 0 aliphatic heterocycles. The van der Waals surface area contributed by atoms with E-state index in [-0.39, 0.29) is 11.0 Å². The third-order valence-corrected chi connectivity index (χ3v) is 5.15. The van der Waals surface area contributed by atoms with Crippen LogP contribution < -0.4 is 15.4 Å². The highest BCUT2D eigenvalue weighted by molar-refractivity contribution is 14.1. The lowest BCUT2D eigenvalue weighted by Gasteiger charge is -2.13. The molecule has 0 atom stereocenters. The summed E-state index contributed by atoms with van der Waals surface area (Å²) in [5.41, 5.74) is 1.31. The molecule has 0 aliphatic carbocycles. The predicted octanol–water partition coefficient (Wildman–Crippen LogP) is 4.28. The molecule has 26 heavy (non-hydrogen) atoms. The summed E-state index contributed by atoms with van der Waals surface area (Å²) in [6.45, 7) is 1.91. The lowest BCUT2D eigenvalue weighted by Crippen LogP contribution is -2.34. The van der Waals surface area contributed by atoms with Crippen LogP contribution in [0.1, 0.15) is 16.1 Å². The van der Waals surface area contributed by atoms with Gasteiger partial charge in [0.05, 0.1) is 18.4 Å². The third-order valence-electron chi connectivity index (χ3n) is 3.80. The van der Waals surface area contributed by atoms with Gasteiger partial charge in [0.15, 0.2) is 5.11 Å². The van der Waals surface area contributed by atoms with E-state index in [1.807, 2.05) is 49.4 Å². The van der Waals surface area contributed by atoms with Crippen LogP contribution in [0.25, 0.3) is 10.8 Å². The fourth-order valence-corrected chi connectivity index (χ4v) is 3.00.